The molecule has 21 heavy (non-hydrogen) atoms. The van der Waals surface area contributed by atoms with Crippen LogP contribution in [0.25, 0.3) is 20.7 Å². The molecule has 0 saturated carbocycles. The second kappa shape index (κ2) is 4.89. The minimum atomic E-state index is 0.286. The number of aromatic nitrogens is 4. The Hall–Kier alpha value is -1.79. The fourth-order valence-corrected chi connectivity index (χ4v) is 3.95. The summed E-state index contributed by atoms with van der Waals surface area (Å²) in [5, 5.41) is 10.6. The van der Waals surface area contributed by atoms with Gasteiger partial charge >= 0.3 is 0 Å². The van der Waals surface area contributed by atoms with Gasteiger partial charge in [0.15, 0.2) is 0 Å². The van der Waals surface area contributed by atoms with Gasteiger partial charge in [-0.3, -0.25) is 5.10 Å². The normalized spacial score (nSPS) is 22.2. The minimum absolute atomic E-state index is 0.286. The lowest BCUT2D eigenvalue weighted by molar-refractivity contribution is 0.481. The molecular weight excluding hydrogens is 282 g/mol. The van der Waals surface area contributed by atoms with Gasteiger partial charge in [-0.15, -0.1) is 11.3 Å². The quantitative estimate of drug-likeness (QED) is 0.763. The highest BCUT2D eigenvalue weighted by molar-refractivity contribution is 7.22. The predicted octanol–water partition coefficient (Wildman–Crippen LogP) is 3.06. The topological polar surface area (TPSA) is 66.5 Å². The molecule has 0 amide bonds. The molecule has 4 heterocycles. The molecule has 1 fully saturated rings. The van der Waals surface area contributed by atoms with Gasteiger partial charge in [0.2, 0.25) is 0 Å². The molecule has 6 heteroatoms. The van der Waals surface area contributed by atoms with Crippen molar-refractivity contribution >= 4 is 21.6 Å². The number of hydrogen-bond donors (Lipinski definition) is 2. The number of hydrogen-bond acceptors (Lipinski definition) is 5. The molecule has 0 bridgehead atoms. The van der Waals surface area contributed by atoms with Gasteiger partial charge in [0, 0.05) is 22.3 Å². The van der Waals surface area contributed by atoms with E-state index in [9.17, 15) is 0 Å². The van der Waals surface area contributed by atoms with Crippen LogP contribution in [0.3, 0.4) is 0 Å². The Labute approximate surface area is 126 Å². The molecular formula is C15H17N5S. The molecule has 3 aromatic heterocycles. The highest BCUT2D eigenvalue weighted by atomic mass is 32.1. The number of nitrogens with zero attached hydrogens (tertiary/aromatic N) is 3. The largest absolute Gasteiger partial charge is 0.307 e. The molecule has 0 aromatic carbocycles. The van der Waals surface area contributed by atoms with Crippen LogP contribution in [-0.4, -0.2) is 26.7 Å². The van der Waals surface area contributed by atoms with E-state index >= 15 is 0 Å². The summed E-state index contributed by atoms with van der Waals surface area (Å²) >= 11 is 1.72. The lowest BCUT2D eigenvalue weighted by Crippen LogP contribution is -2.19. The Morgan fingerprint density at radius 2 is 2.24 bits per heavy atom. The van der Waals surface area contributed by atoms with Crippen molar-refractivity contribution in [2.45, 2.75) is 26.3 Å². The second-order valence-corrected chi connectivity index (χ2v) is 6.78. The number of aryl methyl sites for hydroxylation is 1. The predicted molar refractivity (Wildman–Crippen MR) is 84.3 cm³/mol. The number of nitrogens with one attached hydrogen (secondary N) is 2. The standard InChI is InChI=1S/C15H17N5S/c1-8-3-4-16-14(8)15-17-7-13-11(19-15)5-12(21-13)10-6-18-20-9(10)2/h5-8,14,16H,3-4H2,1-2H3,(H,18,20)/t8-,14-/m0/s1. The zero-order valence-corrected chi connectivity index (χ0v) is 12.9. The molecule has 1 saturated heterocycles. The van der Waals surface area contributed by atoms with Crippen molar-refractivity contribution in [3.05, 3.63) is 30.0 Å². The molecule has 2 N–H and O–H groups in total. The van der Waals surface area contributed by atoms with Crippen LogP contribution in [-0.2, 0) is 0 Å². The van der Waals surface area contributed by atoms with Crippen LogP contribution in [0, 0.1) is 12.8 Å². The molecule has 108 valence electrons. The zero-order valence-electron chi connectivity index (χ0n) is 12.1. The fraction of sp³-hybridized carbons (Fsp3) is 0.400. The monoisotopic (exact) mass is 299 g/mol. The van der Waals surface area contributed by atoms with Crippen LogP contribution >= 0.6 is 11.3 Å². The fourth-order valence-electron chi connectivity index (χ4n) is 2.91. The Kier molecular flexibility index (Phi) is 3.01. The molecule has 0 radical (unpaired) electrons. The number of aromatic amines is 1. The molecule has 0 unspecified atom stereocenters. The number of H-pyrrole nitrogens is 1. The summed E-state index contributed by atoms with van der Waals surface area (Å²) in [6.45, 7) is 5.34. The van der Waals surface area contributed by atoms with Gasteiger partial charge in [0.05, 0.1) is 22.5 Å². The second-order valence-electron chi connectivity index (χ2n) is 5.69. The first kappa shape index (κ1) is 12.9. The van der Waals surface area contributed by atoms with E-state index in [4.69, 9.17) is 4.98 Å². The van der Waals surface area contributed by atoms with Gasteiger partial charge in [-0.2, -0.15) is 5.10 Å². The first-order valence-corrected chi connectivity index (χ1v) is 8.04. The Balaban J connectivity index is 1.77. The minimum Gasteiger partial charge on any atom is -0.307 e. The van der Waals surface area contributed by atoms with Crippen LogP contribution in [0.15, 0.2) is 18.5 Å². The third-order valence-electron chi connectivity index (χ3n) is 4.20. The van der Waals surface area contributed by atoms with E-state index < -0.39 is 0 Å². The summed E-state index contributed by atoms with van der Waals surface area (Å²) in [5.41, 5.74) is 3.26. The summed E-state index contributed by atoms with van der Waals surface area (Å²) in [5.74, 6) is 1.51. The molecule has 0 aliphatic carbocycles. The smallest absolute Gasteiger partial charge is 0.146 e. The average molecular weight is 299 g/mol. The number of rotatable bonds is 2. The van der Waals surface area contributed by atoms with Crippen molar-refractivity contribution in [3.63, 3.8) is 0 Å². The van der Waals surface area contributed by atoms with Crippen molar-refractivity contribution in [3.8, 4) is 10.4 Å². The van der Waals surface area contributed by atoms with E-state index in [1.165, 1.54) is 11.3 Å². The summed E-state index contributed by atoms with van der Waals surface area (Å²) in [7, 11) is 0. The van der Waals surface area contributed by atoms with Crippen LogP contribution in [0.2, 0.25) is 0 Å². The Bertz CT molecular complexity index is 790. The maximum atomic E-state index is 4.77. The van der Waals surface area contributed by atoms with E-state index in [1.807, 2.05) is 19.3 Å². The third-order valence-corrected chi connectivity index (χ3v) is 5.29. The van der Waals surface area contributed by atoms with E-state index in [0.717, 1.165) is 33.8 Å². The maximum Gasteiger partial charge on any atom is 0.146 e. The molecule has 5 nitrogen and oxygen atoms in total. The summed E-state index contributed by atoms with van der Waals surface area (Å²) in [6, 6.07) is 2.43. The molecule has 1 aliphatic heterocycles. The van der Waals surface area contributed by atoms with Crippen LogP contribution in [0.5, 0.6) is 0 Å². The van der Waals surface area contributed by atoms with Gasteiger partial charge in [-0.1, -0.05) is 6.92 Å². The highest BCUT2D eigenvalue weighted by Gasteiger charge is 2.26. The van der Waals surface area contributed by atoms with Crippen molar-refractivity contribution in [2.75, 3.05) is 6.54 Å². The molecule has 0 spiro atoms. The number of fused-ring (bicyclic) bond motifs is 1. The van der Waals surface area contributed by atoms with Gasteiger partial charge < -0.3 is 5.32 Å². The van der Waals surface area contributed by atoms with E-state index in [-0.39, 0.29) is 6.04 Å². The molecule has 3 aromatic rings. The van der Waals surface area contributed by atoms with Crippen LogP contribution in [0.4, 0.5) is 0 Å². The van der Waals surface area contributed by atoms with Crippen molar-refractivity contribution in [1.29, 1.82) is 0 Å². The van der Waals surface area contributed by atoms with E-state index in [2.05, 4.69) is 33.5 Å². The first-order valence-electron chi connectivity index (χ1n) is 7.22. The van der Waals surface area contributed by atoms with E-state index in [0.29, 0.717) is 5.92 Å². The SMILES string of the molecule is Cc1[nH]ncc1-c1cc2nc([C@H]3NCC[C@@H]3C)ncc2s1. The van der Waals surface area contributed by atoms with Gasteiger partial charge in [0.1, 0.15) is 5.82 Å². The Morgan fingerprint density at radius 1 is 1.33 bits per heavy atom. The van der Waals surface area contributed by atoms with E-state index in [1.54, 1.807) is 11.3 Å². The molecule has 4 rings (SSSR count). The first-order chi connectivity index (χ1) is 10.2. The zero-order chi connectivity index (χ0) is 14.4. The third kappa shape index (κ3) is 2.15. The summed E-state index contributed by atoms with van der Waals surface area (Å²) in [4.78, 5) is 10.5. The van der Waals surface area contributed by atoms with Crippen molar-refractivity contribution < 1.29 is 0 Å². The van der Waals surface area contributed by atoms with Crippen molar-refractivity contribution in [2.24, 2.45) is 5.92 Å². The highest BCUT2D eigenvalue weighted by Crippen LogP contribution is 2.34. The van der Waals surface area contributed by atoms with Gasteiger partial charge in [-0.25, -0.2) is 9.97 Å². The van der Waals surface area contributed by atoms with Crippen LogP contribution < -0.4 is 5.32 Å². The lowest BCUT2D eigenvalue weighted by atomic mass is 10.0. The van der Waals surface area contributed by atoms with Crippen molar-refractivity contribution in [1.82, 2.24) is 25.5 Å². The number of thiophene rings is 1. The summed E-state index contributed by atoms with van der Waals surface area (Å²) < 4.78 is 1.13. The lowest BCUT2D eigenvalue weighted by Gasteiger charge is -2.13. The van der Waals surface area contributed by atoms with Gasteiger partial charge in [0.25, 0.3) is 0 Å². The van der Waals surface area contributed by atoms with Crippen LogP contribution in [0.1, 0.15) is 30.9 Å². The maximum absolute atomic E-state index is 4.77. The summed E-state index contributed by atoms with van der Waals surface area (Å²) in [6.07, 6.45) is 5.01. The average Bonchev–Trinajstić information content (AvgIpc) is 3.16. The molecule has 1 aliphatic rings. The van der Waals surface area contributed by atoms with Gasteiger partial charge in [-0.05, 0) is 31.9 Å². The molecule has 2 atom stereocenters. The Morgan fingerprint density at radius 3 is 2.95 bits per heavy atom.